The third kappa shape index (κ3) is 3.00. The third-order valence-corrected chi connectivity index (χ3v) is 4.72. The first-order valence-corrected chi connectivity index (χ1v) is 8.34. The summed E-state index contributed by atoms with van der Waals surface area (Å²) in [5.74, 6) is 0.0653. The van der Waals surface area contributed by atoms with Crippen molar-refractivity contribution in [2.75, 3.05) is 7.11 Å². The molecule has 0 fully saturated rings. The van der Waals surface area contributed by atoms with E-state index in [1.54, 1.807) is 12.1 Å². The Morgan fingerprint density at radius 3 is 2.50 bits per heavy atom. The monoisotopic (exact) mass is 359 g/mol. The van der Waals surface area contributed by atoms with Crippen molar-refractivity contribution < 1.29 is 9.84 Å². The summed E-state index contributed by atoms with van der Waals surface area (Å²) < 4.78 is 5.00. The molecule has 2 aromatic carbocycles. The number of hydrogen-bond donors (Lipinski definition) is 1. The molecule has 1 N–H and O–H groups in total. The molecule has 3 rings (SSSR count). The smallest absolute Gasteiger partial charge is 0.247 e. The Bertz CT molecular complexity index is 954. The minimum absolute atomic E-state index is 0.0570. The lowest BCUT2D eigenvalue weighted by atomic mass is 10.1. The Labute approximate surface area is 148 Å². The van der Waals surface area contributed by atoms with Gasteiger partial charge in [-0.25, -0.2) is 4.98 Å². The molecule has 0 atom stereocenters. The van der Waals surface area contributed by atoms with Crippen molar-refractivity contribution in [3.05, 3.63) is 62.6 Å². The van der Waals surface area contributed by atoms with Crippen molar-refractivity contribution in [3.8, 4) is 33.3 Å². The molecule has 0 radical (unpaired) electrons. The highest BCUT2D eigenvalue weighted by Gasteiger charge is 2.21. The molecule has 0 bridgehead atoms. The summed E-state index contributed by atoms with van der Waals surface area (Å²) in [6.45, 7) is 1.87. The van der Waals surface area contributed by atoms with Crippen LogP contribution in [0.1, 0.15) is 5.56 Å². The predicted octanol–water partition coefficient (Wildman–Crippen LogP) is 4.51. The van der Waals surface area contributed by atoms with Gasteiger partial charge in [0.2, 0.25) is 10.6 Å². The number of ether oxygens (including phenoxy) is 1. The van der Waals surface area contributed by atoms with Crippen molar-refractivity contribution in [1.29, 1.82) is 0 Å². The third-order valence-electron chi connectivity index (χ3n) is 3.51. The van der Waals surface area contributed by atoms with E-state index in [0.29, 0.717) is 21.3 Å². The molecule has 0 saturated carbocycles. The molecule has 0 aliphatic carbocycles. The highest BCUT2D eigenvalue weighted by atomic mass is 35.5. The van der Waals surface area contributed by atoms with Crippen LogP contribution in [-0.2, 0) is 0 Å². The lowest BCUT2D eigenvalue weighted by Crippen LogP contribution is -2.04. The van der Waals surface area contributed by atoms with Gasteiger partial charge >= 0.3 is 0 Å². The number of rotatable bonds is 3. The molecule has 0 amide bonds. The Hall–Kier alpha value is -2.37. The van der Waals surface area contributed by atoms with Crippen LogP contribution in [0.15, 0.2) is 47.3 Å². The number of aryl methyl sites for hydroxylation is 1. The van der Waals surface area contributed by atoms with E-state index in [2.05, 4.69) is 4.98 Å². The van der Waals surface area contributed by atoms with E-state index in [4.69, 9.17) is 16.3 Å². The van der Waals surface area contributed by atoms with E-state index in [1.165, 1.54) is 7.11 Å². The fourth-order valence-electron chi connectivity index (χ4n) is 2.44. The van der Waals surface area contributed by atoms with Gasteiger partial charge in [0.05, 0.1) is 17.7 Å². The number of nitrogens with zero attached hydrogens (tertiary/aromatic N) is 1. The number of aromatic nitrogens is 1. The van der Waals surface area contributed by atoms with Crippen LogP contribution in [0.4, 0.5) is 0 Å². The first-order chi connectivity index (χ1) is 11.5. The standard InChI is InChI=1S/C18H14ClNO3S/c1-10-8-12(19)14(13(9-10)23-2)15-16(21)20-17(24-18(15)22)11-6-4-3-5-7-11/h3-9,21H,1-2H3. The lowest BCUT2D eigenvalue weighted by molar-refractivity contribution is 0.415. The van der Waals surface area contributed by atoms with Gasteiger partial charge in [-0.05, 0) is 24.6 Å². The molecular weight excluding hydrogens is 346 g/mol. The highest BCUT2D eigenvalue weighted by Crippen LogP contribution is 2.40. The molecule has 122 valence electrons. The predicted molar refractivity (Wildman–Crippen MR) is 97.2 cm³/mol. The van der Waals surface area contributed by atoms with Gasteiger partial charge in [0.15, 0.2) is 0 Å². The van der Waals surface area contributed by atoms with Crippen LogP contribution >= 0.6 is 22.9 Å². The second-order valence-corrected chi connectivity index (χ2v) is 6.56. The van der Waals surface area contributed by atoms with E-state index in [9.17, 15) is 9.90 Å². The van der Waals surface area contributed by atoms with Crippen molar-refractivity contribution in [1.82, 2.24) is 4.98 Å². The molecule has 0 saturated heterocycles. The summed E-state index contributed by atoms with van der Waals surface area (Å²) in [5.41, 5.74) is 2.07. The van der Waals surface area contributed by atoms with Crippen molar-refractivity contribution in [2.45, 2.75) is 6.92 Å². The minimum Gasteiger partial charge on any atom is -0.496 e. The summed E-state index contributed by atoms with van der Waals surface area (Å²) in [5, 5.41) is 11.2. The number of halogens is 1. The van der Waals surface area contributed by atoms with E-state index >= 15 is 0 Å². The van der Waals surface area contributed by atoms with Crippen LogP contribution in [-0.4, -0.2) is 17.2 Å². The fourth-order valence-corrected chi connectivity index (χ4v) is 3.65. The maximum Gasteiger partial charge on any atom is 0.247 e. The Morgan fingerprint density at radius 1 is 1.17 bits per heavy atom. The quantitative estimate of drug-likeness (QED) is 0.747. The summed E-state index contributed by atoms with van der Waals surface area (Å²) in [6, 6.07) is 12.7. The molecule has 1 heterocycles. The number of benzene rings is 2. The van der Waals surface area contributed by atoms with Crippen LogP contribution < -0.4 is 9.48 Å². The van der Waals surface area contributed by atoms with Gasteiger partial charge in [0, 0.05) is 5.56 Å². The zero-order valence-electron chi connectivity index (χ0n) is 13.0. The SMILES string of the molecule is COc1cc(C)cc(Cl)c1-c1c(O)nc(-c2ccccc2)sc1=O. The molecule has 24 heavy (non-hydrogen) atoms. The van der Waals surface area contributed by atoms with Crippen LogP contribution in [0.2, 0.25) is 5.02 Å². The molecule has 3 aromatic rings. The van der Waals surface area contributed by atoms with Gasteiger partial charge in [-0.15, -0.1) is 0 Å². The van der Waals surface area contributed by atoms with Crippen LogP contribution in [0.5, 0.6) is 11.6 Å². The van der Waals surface area contributed by atoms with E-state index in [1.807, 2.05) is 37.3 Å². The van der Waals surface area contributed by atoms with Crippen LogP contribution in [0.25, 0.3) is 21.7 Å². The second kappa shape index (κ2) is 6.63. The summed E-state index contributed by atoms with van der Waals surface area (Å²) in [6.07, 6.45) is 0. The summed E-state index contributed by atoms with van der Waals surface area (Å²) >= 11 is 7.25. The summed E-state index contributed by atoms with van der Waals surface area (Å²) in [4.78, 5) is 16.8. The second-order valence-electron chi connectivity index (χ2n) is 5.20. The molecular formula is C18H14ClNO3S. The fraction of sp³-hybridized carbons (Fsp3) is 0.111. The molecule has 0 aliphatic rings. The van der Waals surface area contributed by atoms with E-state index in [0.717, 1.165) is 22.5 Å². The lowest BCUT2D eigenvalue weighted by Gasteiger charge is -2.12. The topological polar surface area (TPSA) is 59.4 Å². The van der Waals surface area contributed by atoms with Gasteiger partial charge in [-0.2, -0.15) is 0 Å². The van der Waals surface area contributed by atoms with Gasteiger partial charge in [-0.3, -0.25) is 4.79 Å². The van der Waals surface area contributed by atoms with Gasteiger partial charge in [0.1, 0.15) is 16.3 Å². The molecule has 0 aliphatic heterocycles. The van der Waals surface area contributed by atoms with Crippen molar-refractivity contribution in [3.63, 3.8) is 0 Å². The first-order valence-electron chi connectivity index (χ1n) is 7.15. The van der Waals surface area contributed by atoms with Gasteiger partial charge in [0.25, 0.3) is 0 Å². The number of hydrogen-bond acceptors (Lipinski definition) is 5. The van der Waals surface area contributed by atoms with Crippen LogP contribution in [0, 0.1) is 6.92 Å². The number of methoxy groups -OCH3 is 1. The minimum atomic E-state index is -0.360. The van der Waals surface area contributed by atoms with Crippen molar-refractivity contribution >= 4 is 22.9 Å². The van der Waals surface area contributed by atoms with Crippen molar-refractivity contribution in [2.24, 2.45) is 0 Å². The molecule has 0 spiro atoms. The summed E-state index contributed by atoms with van der Waals surface area (Å²) in [7, 11) is 1.49. The Morgan fingerprint density at radius 2 is 1.88 bits per heavy atom. The molecule has 1 aromatic heterocycles. The van der Waals surface area contributed by atoms with E-state index in [-0.39, 0.29) is 16.2 Å². The average molecular weight is 360 g/mol. The number of aromatic hydroxyl groups is 1. The molecule has 4 nitrogen and oxygen atoms in total. The normalized spacial score (nSPS) is 10.6. The maximum absolute atomic E-state index is 12.6. The molecule has 0 unspecified atom stereocenters. The average Bonchev–Trinajstić information content (AvgIpc) is 2.56. The highest BCUT2D eigenvalue weighted by molar-refractivity contribution is 7.12. The van der Waals surface area contributed by atoms with Crippen LogP contribution in [0.3, 0.4) is 0 Å². The largest absolute Gasteiger partial charge is 0.496 e. The Kier molecular flexibility index (Phi) is 4.55. The zero-order valence-corrected chi connectivity index (χ0v) is 14.6. The maximum atomic E-state index is 12.6. The van der Waals surface area contributed by atoms with Gasteiger partial charge in [-0.1, -0.05) is 53.3 Å². The first kappa shape index (κ1) is 16.5. The van der Waals surface area contributed by atoms with Gasteiger partial charge < -0.3 is 9.84 Å². The zero-order chi connectivity index (χ0) is 17.3. The molecule has 6 heteroatoms. The van der Waals surface area contributed by atoms with E-state index < -0.39 is 0 Å². The Balaban J connectivity index is 2.23.